The van der Waals surface area contributed by atoms with E-state index in [1.807, 2.05) is 0 Å². The second-order valence-electron chi connectivity index (χ2n) is 3.55. The van der Waals surface area contributed by atoms with Crippen LogP contribution in [-0.4, -0.2) is 14.1 Å². The second kappa shape index (κ2) is 3.74. The highest BCUT2D eigenvalue weighted by Crippen LogP contribution is 2.21. The predicted molar refractivity (Wildman–Crippen MR) is 59.2 cm³/mol. The summed E-state index contributed by atoms with van der Waals surface area (Å²) in [5, 5.41) is 1.31. The van der Waals surface area contributed by atoms with E-state index < -0.39 is 12.4 Å². The second-order valence-corrected chi connectivity index (χ2v) is 3.55. The van der Waals surface area contributed by atoms with Gasteiger partial charge in [-0.25, -0.2) is 0 Å². The molecule has 0 aromatic heterocycles. The van der Waals surface area contributed by atoms with Gasteiger partial charge in [-0.05, 0) is 22.9 Å². The molecule has 0 aliphatic carbocycles. The largest absolute Gasteiger partial charge is 0.509 e. The molecule has 0 saturated heterocycles. The number of halogens is 3. The minimum absolute atomic E-state index is 0.567. The van der Waals surface area contributed by atoms with Crippen LogP contribution in [0.1, 0.15) is 0 Å². The normalized spacial score (nSPS) is 11.8. The number of hydrogen-bond donors (Lipinski definition) is 0. The standard InChI is InChI=1S/C11H9BF3O/c1-16-11-5-3-8-6-10(12(13,14)15)4-2-9(8)7-11/h2-7H,1H3/q-1. The fraction of sp³-hybridized carbons (Fsp3) is 0.0909. The number of ether oxygens (including phenoxy) is 1. The quantitative estimate of drug-likeness (QED) is 0.714. The Morgan fingerprint density at radius 1 is 0.938 bits per heavy atom. The Kier molecular flexibility index (Phi) is 2.54. The van der Waals surface area contributed by atoms with Gasteiger partial charge in [-0.2, -0.15) is 0 Å². The number of methoxy groups -OCH3 is 1. The smallest absolute Gasteiger partial charge is 0.497 e. The maximum absolute atomic E-state index is 12.5. The number of hydrogen-bond acceptors (Lipinski definition) is 1. The SMILES string of the molecule is COc1ccc2cc([B-](F)(F)F)ccc2c1. The average Bonchev–Trinajstić information content (AvgIpc) is 2.26. The highest BCUT2D eigenvalue weighted by Gasteiger charge is 2.25. The van der Waals surface area contributed by atoms with Crippen molar-refractivity contribution >= 4 is 23.2 Å². The molecule has 1 nitrogen and oxygen atoms in total. The third-order valence-corrected chi connectivity index (χ3v) is 2.45. The molecule has 0 saturated carbocycles. The molecular formula is C11H9BF3O-. The molecule has 84 valence electrons. The van der Waals surface area contributed by atoms with E-state index in [1.165, 1.54) is 13.2 Å². The molecule has 0 radical (unpaired) electrons. The van der Waals surface area contributed by atoms with E-state index in [9.17, 15) is 12.9 Å². The van der Waals surface area contributed by atoms with E-state index in [-0.39, 0.29) is 0 Å². The number of rotatable bonds is 2. The summed E-state index contributed by atoms with van der Waals surface area (Å²) >= 11 is 0. The average molecular weight is 225 g/mol. The molecule has 0 atom stereocenters. The van der Waals surface area contributed by atoms with Crippen molar-refractivity contribution in [2.45, 2.75) is 0 Å². The first-order valence-corrected chi connectivity index (χ1v) is 4.78. The lowest BCUT2D eigenvalue weighted by atomic mass is 9.79. The molecule has 2 aromatic rings. The summed E-state index contributed by atoms with van der Waals surface area (Å²) in [5.41, 5.74) is -0.572. The topological polar surface area (TPSA) is 9.23 Å². The van der Waals surface area contributed by atoms with Crippen molar-refractivity contribution in [3.8, 4) is 5.75 Å². The number of benzene rings is 2. The molecule has 0 aliphatic heterocycles. The predicted octanol–water partition coefficient (Wildman–Crippen LogP) is 2.90. The van der Waals surface area contributed by atoms with Crippen molar-refractivity contribution < 1.29 is 17.7 Å². The molecule has 16 heavy (non-hydrogen) atoms. The third-order valence-electron chi connectivity index (χ3n) is 2.45. The Bertz CT molecular complexity index is 522. The molecule has 0 N–H and O–H groups in total. The molecule has 0 amide bonds. The van der Waals surface area contributed by atoms with Crippen LogP contribution in [0.3, 0.4) is 0 Å². The maximum atomic E-state index is 12.5. The van der Waals surface area contributed by atoms with Crippen LogP contribution >= 0.6 is 0 Å². The first-order chi connectivity index (χ1) is 7.50. The van der Waals surface area contributed by atoms with Crippen molar-refractivity contribution in [2.75, 3.05) is 7.11 Å². The summed E-state index contributed by atoms with van der Waals surface area (Å²) in [6.07, 6.45) is 0. The third kappa shape index (κ3) is 1.98. The van der Waals surface area contributed by atoms with Crippen LogP contribution in [0.2, 0.25) is 0 Å². The molecule has 0 unspecified atom stereocenters. The van der Waals surface area contributed by atoms with Crippen molar-refractivity contribution in [2.24, 2.45) is 0 Å². The van der Waals surface area contributed by atoms with E-state index in [4.69, 9.17) is 4.74 Å². The van der Waals surface area contributed by atoms with Crippen LogP contribution in [0.15, 0.2) is 36.4 Å². The van der Waals surface area contributed by atoms with Gasteiger partial charge in [-0.15, -0.1) is 5.46 Å². The zero-order chi connectivity index (χ0) is 11.8. The zero-order valence-electron chi connectivity index (χ0n) is 8.58. The molecule has 2 rings (SSSR count). The van der Waals surface area contributed by atoms with E-state index in [0.717, 1.165) is 17.5 Å². The highest BCUT2D eigenvalue weighted by atomic mass is 19.4. The van der Waals surface area contributed by atoms with Crippen LogP contribution < -0.4 is 10.2 Å². The summed E-state index contributed by atoms with van der Waals surface area (Å²) in [6.45, 7) is -4.93. The Morgan fingerprint density at radius 3 is 2.19 bits per heavy atom. The summed E-state index contributed by atoms with van der Waals surface area (Å²) in [4.78, 5) is 0. The molecular weight excluding hydrogens is 216 g/mol. The van der Waals surface area contributed by atoms with E-state index >= 15 is 0 Å². The molecule has 2 aromatic carbocycles. The molecule has 0 spiro atoms. The van der Waals surface area contributed by atoms with Gasteiger partial charge in [0.2, 0.25) is 0 Å². The lowest BCUT2D eigenvalue weighted by molar-refractivity contribution is 0.415. The van der Waals surface area contributed by atoms with E-state index in [2.05, 4.69) is 0 Å². The number of fused-ring (bicyclic) bond motifs is 1. The Labute approximate surface area is 90.9 Å². The van der Waals surface area contributed by atoms with Crippen LogP contribution in [0.4, 0.5) is 12.9 Å². The van der Waals surface area contributed by atoms with Gasteiger partial charge in [0.05, 0.1) is 7.11 Å². The fourth-order valence-corrected chi connectivity index (χ4v) is 1.57. The Morgan fingerprint density at radius 2 is 1.56 bits per heavy atom. The maximum Gasteiger partial charge on any atom is 0.509 e. The summed E-state index contributed by atoms with van der Waals surface area (Å²) in [5.74, 6) is 0.637. The molecule has 0 heterocycles. The molecule has 0 fully saturated rings. The van der Waals surface area contributed by atoms with Gasteiger partial charge in [0.25, 0.3) is 0 Å². The Hall–Kier alpha value is -1.65. The lowest BCUT2D eigenvalue weighted by Crippen LogP contribution is -2.33. The highest BCUT2D eigenvalue weighted by molar-refractivity contribution is 6.73. The minimum Gasteiger partial charge on any atom is -0.497 e. The van der Waals surface area contributed by atoms with Crippen molar-refractivity contribution in [3.63, 3.8) is 0 Å². The van der Waals surface area contributed by atoms with Crippen molar-refractivity contribution in [3.05, 3.63) is 36.4 Å². The van der Waals surface area contributed by atoms with Gasteiger partial charge in [0.1, 0.15) is 5.75 Å². The van der Waals surface area contributed by atoms with Gasteiger partial charge in [-0.1, -0.05) is 24.3 Å². The van der Waals surface area contributed by atoms with Crippen LogP contribution in [-0.2, 0) is 0 Å². The van der Waals surface area contributed by atoms with Crippen LogP contribution in [0.25, 0.3) is 10.8 Å². The van der Waals surface area contributed by atoms with Gasteiger partial charge in [-0.3, -0.25) is 0 Å². The van der Waals surface area contributed by atoms with Gasteiger partial charge in [0.15, 0.2) is 0 Å². The van der Waals surface area contributed by atoms with Crippen LogP contribution in [0, 0.1) is 0 Å². The molecule has 5 heteroatoms. The van der Waals surface area contributed by atoms with Gasteiger partial charge in [0, 0.05) is 0 Å². The van der Waals surface area contributed by atoms with Gasteiger partial charge < -0.3 is 17.7 Å². The summed E-state index contributed by atoms with van der Waals surface area (Å²) in [6, 6.07) is 8.70. The summed E-state index contributed by atoms with van der Waals surface area (Å²) in [7, 11) is 1.52. The Balaban J connectivity index is 2.56. The van der Waals surface area contributed by atoms with Crippen molar-refractivity contribution in [1.82, 2.24) is 0 Å². The van der Waals surface area contributed by atoms with E-state index in [0.29, 0.717) is 11.1 Å². The first-order valence-electron chi connectivity index (χ1n) is 4.78. The van der Waals surface area contributed by atoms with Crippen LogP contribution in [0.5, 0.6) is 5.75 Å². The minimum atomic E-state index is -4.93. The zero-order valence-corrected chi connectivity index (χ0v) is 8.58. The lowest BCUT2D eigenvalue weighted by Gasteiger charge is -2.15. The molecule has 0 bridgehead atoms. The summed E-state index contributed by atoms with van der Waals surface area (Å²) < 4.78 is 42.5. The fourth-order valence-electron chi connectivity index (χ4n) is 1.57. The molecule has 0 aliphatic rings. The van der Waals surface area contributed by atoms with Gasteiger partial charge >= 0.3 is 6.98 Å². The van der Waals surface area contributed by atoms with E-state index in [1.54, 1.807) is 18.2 Å². The monoisotopic (exact) mass is 225 g/mol. The van der Waals surface area contributed by atoms with Crippen molar-refractivity contribution in [1.29, 1.82) is 0 Å². The first kappa shape index (κ1) is 10.9.